The van der Waals surface area contributed by atoms with Gasteiger partial charge in [-0.3, -0.25) is 4.79 Å². The summed E-state index contributed by atoms with van der Waals surface area (Å²) in [6.45, 7) is 3.28. The highest BCUT2D eigenvalue weighted by atomic mass is 35.5. The molecule has 0 spiro atoms. The van der Waals surface area contributed by atoms with Crippen LogP contribution in [0.25, 0.3) is 0 Å². The lowest BCUT2D eigenvalue weighted by molar-refractivity contribution is -0.153. The fourth-order valence-corrected chi connectivity index (χ4v) is 3.19. The van der Waals surface area contributed by atoms with E-state index in [1.165, 1.54) is 0 Å². The Morgan fingerprint density at radius 1 is 1.26 bits per heavy atom. The van der Waals surface area contributed by atoms with Crippen LogP contribution in [0.2, 0.25) is 0 Å². The molecule has 2 rings (SSSR count). The fraction of sp³-hybridized carbons (Fsp3) is 0.611. The van der Waals surface area contributed by atoms with Gasteiger partial charge < -0.3 is 20.1 Å². The minimum absolute atomic E-state index is 0. The van der Waals surface area contributed by atoms with Crippen molar-refractivity contribution in [3.8, 4) is 5.75 Å². The van der Waals surface area contributed by atoms with Crippen LogP contribution in [0.3, 0.4) is 0 Å². The van der Waals surface area contributed by atoms with Crippen LogP contribution in [-0.4, -0.2) is 49.4 Å². The van der Waals surface area contributed by atoms with E-state index in [0.29, 0.717) is 43.7 Å². The lowest BCUT2D eigenvalue weighted by atomic mass is 9.89. The molecule has 5 nitrogen and oxygen atoms in total. The van der Waals surface area contributed by atoms with Gasteiger partial charge in [-0.1, -0.05) is 12.1 Å². The van der Waals surface area contributed by atoms with Crippen LogP contribution in [0.5, 0.6) is 5.75 Å². The molecule has 0 saturated carbocycles. The number of likely N-dealkylation sites (N-methyl/N-ethyl adjacent to an activating group) is 1. The Morgan fingerprint density at radius 2 is 1.78 bits per heavy atom. The van der Waals surface area contributed by atoms with Crippen molar-refractivity contribution in [2.24, 2.45) is 5.73 Å². The van der Waals surface area contributed by atoms with Crippen molar-refractivity contribution < 1.29 is 27.4 Å². The number of ether oxygens (including phenoxy) is 2. The number of nitrogens with zero attached hydrogens (tertiary/aromatic N) is 1. The first-order valence-corrected chi connectivity index (χ1v) is 8.44. The summed E-state index contributed by atoms with van der Waals surface area (Å²) >= 11 is 0. The zero-order valence-corrected chi connectivity index (χ0v) is 16.5. The maximum atomic E-state index is 12.7. The molecule has 1 aliphatic rings. The highest BCUT2D eigenvalue weighted by molar-refractivity contribution is 5.86. The molecule has 1 saturated heterocycles. The number of carbonyl (C=O) groups excluding carboxylic acids is 1. The van der Waals surface area contributed by atoms with Crippen LogP contribution >= 0.6 is 12.4 Å². The highest BCUT2D eigenvalue weighted by Crippen LogP contribution is 2.28. The van der Waals surface area contributed by atoms with Gasteiger partial charge in [-0.15, -0.1) is 12.4 Å². The lowest BCUT2D eigenvalue weighted by Crippen LogP contribution is -2.57. The van der Waals surface area contributed by atoms with Crippen LogP contribution in [0, 0.1) is 13.8 Å². The van der Waals surface area contributed by atoms with Gasteiger partial charge in [0.1, 0.15) is 5.75 Å². The van der Waals surface area contributed by atoms with E-state index in [4.69, 9.17) is 15.2 Å². The Hall–Kier alpha value is -1.51. The quantitative estimate of drug-likeness (QED) is 0.810. The van der Waals surface area contributed by atoms with Gasteiger partial charge in [-0.25, -0.2) is 0 Å². The SMILES string of the molecule is Cc1cc(CN(C)C(=O)C2(N)CCOCC2)cc(C)c1OCC(F)(F)F.Cl. The number of benzene rings is 1. The summed E-state index contributed by atoms with van der Waals surface area (Å²) < 4.78 is 47.3. The average molecular weight is 411 g/mol. The molecular formula is C18H26ClF3N2O3. The Balaban J connectivity index is 0.00000364. The zero-order chi connectivity index (χ0) is 19.5. The molecule has 2 N–H and O–H groups in total. The predicted molar refractivity (Wildman–Crippen MR) is 98.2 cm³/mol. The molecule has 1 aromatic carbocycles. The molecule has 0 aromatic heterocycles. The molecule has 0 unspecified atom stereocenters. The van der Waals surface area contributed by atoms with Crippen molar-refractivity contribution in [3.63, 3.8) is 0 Å². The Morgan fingerprint density at radius 3 is 2.26 bits per heavy atom. The maximum absolute atomic E-state index is 12.7. The minimum atomic E-state index is -4.39. The van der Waals surface area contributed by atoms with Crippen LogP contribution in [0.15, 0.2) is 12.1 Å². The predicted octanol–water partition coefficient (Wildman–Crippen LogP) is 3.13. The van der Waals surface area contributed by atoms with Crippen molar-refractivity contribution in [3.05, 3.63) is 28.8 Å². The molecular weight excluding hydrogens is 385 g/mol. The smallest absolute Gasteiger partial charge is 0.422 e. The number of rotatable bonds is 5. The van der Waals surface area contributed by atoms with Gasteiger partial charge in [-0.2, -0.15) is 13.2 Å². The van der Waals surface area contributed by atoms with Gasteiger partial charge in [0.2, 0.25) is 5.91 Å². The standard InChI is InChI=1S/C18H25F3N2O3.ClH/c1-12-8-14(9-13(2)15(12)26-11-18(19,20)21)10-23(3)16(24)17(22)4-6-25-7-5-17;/h8-9H,4-7,10-11,22H2,1-3H3;1H. The topological polar surface area (TPSA) is 64.8 Å². The van der Waals surface area contributed by atoms with E-state index in [1.807, 2.05) is 0 Å². The number of aryl methyl sites for hydroxylation is 2. The monoisotopic (exact) mass is 410 g/mol. The zero-order valence-electron chi connectivity index (χ0n) is 15.7. The third kappa shape index (κ3) is 6.26. The van der Waals surface area contributed by atoms with Crippen LogP contribution < -0.4 is 10.5 Å². The molecule has 9 heteroatoms. The van der Waals surface area contributed by atoms with Crippen molar-refractivity contribution in [1.29, 1.82) is 0 Å². The normalized spacial score (nSPS) is 16.4. The number of alkyl halides is 3. The van der Waals surface area contributed by atoms with E-state index in [1.54, 1.807) is 37.9 Å². The molecule has 0 aliphatic carbocycles. The van der Waals surface area contributed by atoms with Gasteiger partial charge in [0.05, 0.1) is 5.54 Å². The molecule has 0 radical (unpaired) electrons. The first kappa shape index (κ1) is 23.5. The van der Waals surface area contributed by atoms with E-state index < -0.39 is 18.3 Å². The summed E-state index contributed by atoms with van der Waals surface area (Å²) in [6, 6.07) is 3.46. The number of hydrogen-bond acceptors (Lipinski definition) is 4. The van der Waals surface area contributed by atoms with Gasteiger partial charge in [-0.05, 0) is 43.4 Å². The number of carbonyl (C=O) groups is 1. The second-order valence-corrected chi connectivity index (χ2v) is 6.89. The second kappa shape index (κ2) is 9.12. The fourth-order valence-electron chi connectivity index (χ4n) is 3.19. The maximum Gasteiger partial charge on any atom is 0.422 e. The third-order valence-electron chi connectivity index (χ3n) is 4.48. The van der Waals surface area contributed by atoms with Crippen LogP contribution in [-0.2, 0) is 16.1 Å². The summed E-state index contributed by atoms with van der Waals surface area (Å²) in [6.07, 6.45) is -3.44. The van der Waals surface area contributed by atoms with E-state index in [0.717, 1.165) is 5.56 Å². The summed E-state index contributed by atoms with van der Waals surface area (Å²) in [5.41, 5.74) is 7.30. The van der Waals surface area contributed by atoms with Gasteiger partial charge >= 0.3 is 6.18 Å². The van der Waals surface area contributed by atoms with Crippen LogP contribution in [0.4, 0.5) is 13.2 Å². The first-order valence-electron chi connectivity index (χ1n) is 8.44. The van der Waals surface area contributed by atoms with Crippen molar-refractivity contribution in [2.75, 3.05) is 26.9 Å². The average Bonchev–Trinajstić information content (AvgIpc) is 2.53. The molecule has 154 valence electrons. The molecule has 1 heterocycles. The minimum Gasteiger partial charge on any atom is -0.484 e. The summed E-state index contributed by atoms with van der Waals surface area (Å²) in [7, 11) is 1.67. The van der Waals surface area contributed by atoms with Gasteiger partial charge in [0, 0.05) is 26.8 Å². The Labute approximate surface area is 163 Å². The number of nitrogens with two attached hydrogens (primary N) is 1. The largest absolute Gasteiger partial charge is 0.484 e. The number of hydrogen-bond donors (Lipinski definition) is 1. The highest BCUT2D eigenvalue weighted by Gasteiger charge is 2.38. The summed E-state index contributed by atoms with van der Waals surface area (Å²) in [4.78, 5) is 14.2. The van der Waals surface area contributed by atoms with E-state index >= 15 is 0 Å². The van der Waals surface area contributed by atoms with Crippen molar-refractivity contribution in [1.82, 2.24) is 4.90 Å². The van der Waals surface area contributed by atoms with Gasteiger partial charge in [0.15, 0.2) is 6.61 Å². The van der Waals surface area contributed by atoms with Gasteiger partial charge in [0.25, 0.3) is 0 Å². The summed E-state index contributed by atoms with van der Waals surface area (Å²) in [5.74, 6) is 0.0632. The molecule has 0 atom stereocenters. The molecule has 1 aliphatic heterocycles. The molecule has 27 heavy (non-hydrogen) atoms. The van der Waals surface area contributed by atoms with Crippen molar-refractivity contribution >= 4 is 18.3 Å². The molecule has 1 fully saturated rings. The number of halogens is 4. The van der Waals surface area contributed by atoms with E-state index in [9.17, 15) is 18.0 Å². The third-order valence-corrected chi connectivity index (χ3v) is 4.48. The number of amides is 1. The van der Waals surface area contributed by atoms with E-state index in [-0.39, 0.29) is 24.1 Å². The molecule has 0 bridgehead atoms. The second-order valence-electron chi connectivity index (χ2n) is 6.89. The van der Waals surface area contributed by atoms with Crippen LogP contribution in [0.1, 0.15) is 29.5 Å². The van der Waals surface area contributed by atoms with E-state index in [2.05, 4.69) is 0 Å². The summed E-state index contributed by atoms with van der Waals surface area (Å²) in [5, 5.41) is 0. The molecule has 1 amide bonds. The van der Waals surface area contributed by atoms with Crippen molar-refractivity contribution in [2.45, 2.75) is 44.9 Å². The lowest BCUT2D eigenvalue weighted by Gasteiger charge is -2.35. The first-order chi connectivity index (χ1) is 12.0. The Bertz CT molecular complexity index is 639. The molecule has 1 aromatic rings. The Kier molecular flexibility index (Phi) is 7.95.